The van der Waals surface area contributed by atoms with Gasteiger partial charge < -0.3 is 24.2 Å². The highest BCUT2D eigenvalue weighted by Crippen LogP contribution is 2.32. The largest absolute Gasteiger partial charge is 0.492 e. The molecule has 146 valence electrons. The number of benzene rings is 1. The van der Waals surface area contributed by atoms with Gasteiger partial charge in [0.25, 0.3) is 0 Å². The van der Waals surface area contributed by atoms with E-state index in [-0.39, 0.29) is 4.73 Å². The van der Waals surface area contributed by atoms with E-state index in [1.807, 2.05) is 0 Å². The highest BCUT2D eigenvalue weighted by Gasteiger charge is 2.28. The van der Waals surface area contributed by atoms with Gasteiger partial charge in [0.2, 0.25) is 29.1 Å². The van der Waals surface area contributed by atoms with Gasteiger partial charge in [-0.25, -0.2) is 14.0 Å². The van der Waals surface area contributed by atoms with Crippen LogP contribution in [0.3, 0.4) is 0 Å². The second kappa shape index (κ2) is 6.64. The number of nitrogens with zero attached hydrogens (tertiary/aromatic N) is 1. The van der Waals surface area contributed by atoms with Gasteiger partial charge in [-0.15, -0.1) is 4.73 Å². The zero-order chi connectivity index (χ0) is 20.7. The van der Waals surface area contributed by atoms with Gasteiger partial charge in [0.05, 0.1) is 5.39 Å². The molecule has 0 aliphatic carbocycles. The first-order valence-electron chi connectivity index (χ1n) is 7.26. The number of ether oxygens (including phenoxy) is 1. The molecule has 2 aromatic heterocycles. The number of esters is 1. The number of fused-ring (bicyclic) bond motifs is 1. The van der Waals surface area contributed by atoms with Crippen molar-refractivity contribution >= 4 is 22.9 Å². The minimum Gasteiger partial charge on any atom is -0.492 e. The fraction of sp³-hybridized carbons (Fsp3) is 0.0625. The molecule has 0 aliphatic rings. The van der Waals surface area contributed by atoms with Crippen molar-refractivity contribution in [2.45, 2.75) is 6.92 Å². The Morgan fingerprint density at radius 1 is 1.07 bits per heavy atom. The lowest BCUT2D eigenvalue weighted by molar-refractivity contribution is -0.132. The summed E-state index contributed by atoms with van der Waals surface area (Å²) in [6, 6.07) is 2.35. The summed E-state index contributed by atoms with van der Waals surface area (Å²) in [6.07, 6.45) is 0. The Morgan fingerprint density at radius 2 is 1.68 bits per heavy atom. The van der Waals surface area contributed by atoms with Crippen molar-refractivity contribution in [2.24, 2.45) is 0 Å². The van der Waals surface area contributed by atoms with Gasteiger partial charge in [-0.1, -0.05) is 0 Å². The third-order valence-corrected chi connectivity index (χ3v) is 3.41. The molecule has 3 aromatic rings. The van der Waals surface area contributed by atoms with E-state index in [4.69, 9.17) is 0 Å². The Balaban J connectivity index is 2.15. The van der Waals surface area contributed by atoms with Crippen molar-refractivity contribution in [3.63, 3.8) is 0 Å². The maximum Gasteiger partial charge on any atom is 0.371 e. The Morgan fingerprint density at radius 3 is 2.25 bits per heavy atom. The minimum absolute atomic E-state index is 0.229. The van der Waals surface area contributed by atoms with Crippen LogP contribution in [-0.2, 0) is 4.79 Å². The number of hydrogen-bond donors (Lipinski definition) is 2. The Labute approximate surface area is 151 Å². The van der Waals surface area contributed by atoms with Crippen LogP contribution >= 0.6 is 0 Å². The van der Waals surface area contributed by atoms with E-state index in [1.165, 1.54) is 0 Å². The van der Waals surface area contributed by atoms with E-state index in [9.17, 15) is 37.8 Å². The van der Waals surface area contributed by atoms with Crippen molar-refractivity contribution < 1.29 is 47.0 Å². The normalized spacial score (nSPS) is 10.9. The lowest BCUT2D eigenvalue weighted by Gasteiger charge is -2.10. The molecule has 28 heavy (non-hydrogen) atoms. The first-order chi connectivity index (χ1) is 13.1. The summed E-state index contributed by atoms with van der Waals surface area (Å²) in [4.78, 5) is 39.5. The molecule has 3 rings (SSSR count). The van der Waals surface area contributed by atoms with E-state index in [1.54, 1.807) is 0 Å². The lowest BCUT2D eigenvalue weighted by Crippen LogP contribution is -2.25. The molecule has 0 unspecified atom stereocenters. The standard InChI is InChI=1S/C16H8F3NO8/c1-5(21)26-14-11(18)10(17)6-4-7(15(24)27-13(6)12(14)19)16(25)28-20-8(22)2-3-9(20)23/h2-4,22-23H,1H3. The number of aromatic nitrogens is 1. The predicted molar refractivity (Wildman–Crippen MR) is 82.3 cm³/mol. The third-order valence-electron chi connectivity index (χ3n) is 3.41. The van der Waals surface area contributed by atoms with Crippen LogP contribution in [0.5, 0.6) is 17.5 Å². The summed E-state index contributed by atoms with van der Waals surface area (Å²) in [5.74, 6) is -10.9. The first-order valence-corrected chi connectivity index (χ1v) is 7.26. The number of hydrogen-bond acceptors (Lipinski definition) is 8. The average Bonchev–Trinajstić information content (AvgIpc) is 2.94. The van der Waals surface area contributed by atoms with Crippen molar-refractivity contribution in [2.75, 3.05) is 0 Å². The van der Waals surface area contributed by atoms with Gasteiger partial charge in [-0.2, -0.15) is 8.78 Å². The van der Waals surface area contributed by atoms with Crippen LogP contribution in [0, 0.1) is 17.5 Å². The molecule has 2 N–H and O–H groups in total. The molecule has 2 heterocycles. The minimum atomic E-state index is -1.89. The molecular weight excluding hydrogens is 391 g/mol. The van der Waals surface area contributed by atoms with Crippen molar-refractivity contribution in [1.82, 2.24) is 4.73 Å². The smallest absolute Gasteiger partial charge is 0.371 e. The van der Waals surface area contributed by atoms with Gasteiger partial charge in [-0.3, -0.25) is 4.79 Å². The van der Waals surface area contributed by atoms with Crippen LogP contribution in [0.15, 0.2) is 27.4 Å². The molecule has 0 spiro atoms. The fourth-order valence-electron chi connectivity index (χ4n) is 2.22. The molecule has 0 saturated carbocycles. The van der Waals surface area contributed by atoms with Gasteiger partial charge >= 0.3 is 17.6 Å². The molecule has 9 nitrogen and oxygen atoms in total. The molecule has 0 aliphatic heterocycles. The van der Waals surface area contributed by atoms with E-state index in [2.05, 4.69) is 14.0 Å². The summed E-state index contributed by atoms with van der Waals surface area (Å²) in [5, 5.41) is 17.9. The molecule has 0 saturated heterocycles. The number of aromatic hydroxyl groups is 2. The van der Waals surface area contributed by atoms with Crippen LogP contribution < -0.4 is 15.2 Å². The Kier molecular flexibility index (Phi) is 4.47. The quantitative estimate of drug-likeness (QED) is 0.294. The highest BCUT2D eigenvalue weighted by molar-refractivity contribution is 5.93. The maximum atomic E-state index is 14.3. The number of halogens is 3. The fourth-order valence-corrected chi connectivity index (χ4v) is 2.22. The van der Waals surface area contributed by atoms with Crippen molar-refractivity contribution in [3.05, 3.63) is 51.6 Å². The van der Waals surface area contributed by atoms with Crippen LogP contribution in [0.25, 0.3) is 11.0 Å². The second-order valence-electron chi connectivity index (χ2n) is 5.28. The molecular formula is C16H8F3NO8. The zero-order valence-electron chi connectivity index (χ0n) is 13.7. The van der Waals surface area contributed by atoms with Gasteiger partial charge in [0.15, 0.2) is 11.4 Å². The summed E-state index contributed by atoms with van der Waals surface area (Å²) < 4.78 is 51.5. The van der Waals surface area contributed by atoms with Crippen molar-refractivity contribution in [1.29, 1.82) is 0 Å². The lowest BCUT2D eigenvalue weighted by atomic mass is 10.1. The van der Waals surface area contributed by atoms with Crippen molar-refractivity contribution in [3.8, 4) is 17.5 Å². The molecule has 0 radical (unpaired) electrons. The van der Waals surface area contributed by atoms with Crippen LogP contribution in [-0.4, -0.2) is 26.9 Å². The van der Waals surface area contributed by atoms with E-state index < -0.39 is 69.1 Å². The molecule has 1 aromatic carbocycles. The third kappa shape index (κ3) is 3.00. The highest BCUT2D eigenvalue weighted by atomic mass is 19.2. The monoisotopic (exact) mass is 399 g/mol. The predicted octanol–water partition coefficient (Wildman–Crippen LogP) is 1.62. The summed E-state index contributed by atoms with van der Waals surface area (Å²) in [7, 11) is 0. The van der Waals surface area contributed by atoms with Gasteiger partial charge in [0.1, 0.15) is 5.56 Å². The number of rotatable bonds is 3. The van der Waals surface area contributed by atoms with Crippen LogP contribution in [0.2, 0.25) is 0 Å². The first kappa shape index (κ1) is 18.8. The van der Waals surface area contributed by atoms with Crippen LogP contribution in [0.4, 0.5) is 13.2 Å². The molecule has 12 heteroatoms. The maximum absolute atomic E-state index is 14.3. The Hall–Kier alpha value is -3.96. The van der Waals surface area contributed by atoms with Gasteiger partial charge in [0, 0.05) is 19.1 Å². The van der Waals surface area contributed by atoms with Crippen LogP contribution in [0.1, 0.15) is 17.3 Å². The topological polar surface area (TPSA) is 128 Å². The molecule has 0 bridgehead atoms. The van der Waals surface area contributed by atoms with E-state index in [0.717, 1.165) is 19.1 Å². The molecule has 0 amide bonds. The SMILES string of the molecule is CC(=O)Oc1c(F)c(F)c2cc(C(=O)On3c(O)ccc3O)c(=O)oc2c1F. The van der Waals surface area contributed by atoms with Gasteiger partial charge in [-0.05, 0) is 6.07 Å². The zero-order valence-corrected chi connectivity index (χ0v) is 13.7. The number of carbonyl (C=O) groups excluding carboxylic acids is 2. The summed E-state index contributed by atoms with van der Waals surface area (Å²) in [5.41, 5.74) is -3.62. The Bertz CT molecular complexity index is 1180. The second-order valence-corrected chi connectivity index (χ2v) is 5.28. The van der Waals surface area contributed by atoms with E-state index in [0.29, 0.717) is 6.07 Å². The number of carbonyl (C=O) groups is 2. The average molecular weight is 399 g/mol. The molecule has 0 fully saturated rings. The van der Waals surface area contributed by atoms with E-state index >= 15 is 0 Å². The molecule has 0 atom stereocenters. The summed E-state index contributed by atoms with van der Waals surface area (Å²) in [6.45, 7) is 0.808. The summed E-state index contributed by atoms with van der Waals surface area (Å²) >= 11 is 0.